The fourth-order valence-electron chi connectivity index (χ4n) is 1.17. The first kappa shape index (κ1) is 14.1. The second-order valence-corrected chi connectivity index (χ2v) is 3.69. The van der Waals surface area contributed by atoms with Gasteiger partial charge in [-0.15, -0.1) is 0 Å². The normalized spacial score (nSPS) is 12.9. The summed E-state index contributed by atoms with van der Waals surface area (Å²) in [5.74, 6) is -3.42. The molecule has 0 fully saturated rings. The van der Waals surface area contributed by atoms with E-state index in [0.717, 1.165) is 0 Å². The van der Waals surface area contributed by atoms with Crippen LogP contribution in [-0.2, 0) is 12.1 Å². The maximum absolute atomic E-state index is 13.4. The van der Waals surface area contributed by atoms with Crippen LogP contribution in [0.25, 0.3) is 0 Å². The summed E-state index contributed by atoms with van der Waals surface area (Å²) in [6.45, 7) is -0.759. The van der Waals surface area contributed by atoms with Gasteiger partial charge in [-0.05, 0) is 13.1 Å². The molecule has 0 bridgehead atoms. The third-order valence-electron chi connectivity index (χ3n) is 1.91. The Balaban J connectivity index is 3.14. The summed E-state index contributed by atoms with van der Waals surface area (Å²) in [5.41, 5.74) is -2.03. The number of nitrogens with zero attached hydrogens (tertiary/aromatic N) is 1. The Hall–Kier alpha value is -0.950. The van der Waals surface area contributed by atoms with Crippen LogP contribution >= 0.6 is 11.6 Å². The number of hydrogen-bond donors (Lipinski definition) is 1. The van der Waals surface area contributed by atoms with Crippen molar-refractivity contribution in [3.8, 4) is 0 Å². The van der Waals surface area contributed by atoms with Gasteiger partial charge < -0.3 is 5.32 Å². The molecular formula is C9H8ClF5N2. The molecule has 0 unspecified atom stereocenters. The number of likely N-dealkylation sites (N-methyl/N-ethyl adjacent to an activating group) is 1. The van der Waals surface area contributed by atoms with Crippen molar-refractivity contribution in [1.29, 1.82) is 0 Å². The van der Waals surface area contributed by atoms with Gasteiger partial charge in [0.15, 0.2) is 0 Å². The molecule has 0 spiro atoms. The highest BCUT2D eigenvalue weighted by molar-refractivity contribution is 6.31. The van der Waals surface area contributed by atoms with E-state index < -0.39 is 34.9 Å². The van der Waals surface area contributed by atoms with Gasteiger partial charge >= 0.3 is 12.1 Å². The van der Waals surface area contributed by atoms with Crippen molar-refractivity contribution in [1.82, 2.24) is 10.3 Å². The molecule has 0 atom stereocenters. The van der Waals surface area contributed by atoms with Crippen molar-refractivity contribution < 1.29 is 22.0 Å². The van der Waals surface area contributed by atoms with E-state index in [2.05, 4.69) is 10.3 Å². The summed E-state index contributed by atoms with van der Waals surface area (Å²) in [6, 6.07) is 0.438. The highest BCUT2D eigenvalue weighted by Crippen LogP contribution is 2.35. The Labute approximate surface area is 98.8 Å². The van der Waals surface area contributed by atoms with Gasteiger partial charge in [0.05, 0.1) is 17.1 Å². The van der Waals surface area contributed by atoms with Crippen LogP contribution in [-0.4, -0.2) is 18.6 Å². The Morgan fingerprint density at radius 2 is 1.88 bits per heavy atom. The van der Waals surface area contributed by atoms with E-state index in [1.807, 2.05) is 0 Å². The minimum Gasteiger partial charge on any atom is -0.314 e. The Morgan fingerprint density at radius 3 is 2.29 bits per heavy atom. The number of halogens is 6. The van der Waals surface area contributed by atoms with Crippen molar-refractivity contribution in [3.05, 3.63) is 28.5 Å². The van der Waals surface area contributed by atoms with E-state index in [-0.39, 0.29) is 0 Å². The van der Waals surface area contributed by atoms with Crippen molar-refractivity contribution >= 4 is 11.6 Å². The second-order valence-electron chi connectivity index (χ2n) is 3.29. The summed E-state index contributed by atoms with van der Waals surface area (Å²) in [4.78, 5) is 3.09. The highest BCUT2D eigenvalue weighted by Gasteiger charge is 2.37. The van der Waals surface area contributed by atoms with Crippen LogP contribution in [0.5, 0.6) is 0 Å². The molecule has 1 aromatic heterocycles. The van der Waals surface area contributed by atoms with Gasteiger partial charge in [0.2, 0.25) is 0 Å². The zero-order chi connectivity index (χ0) is 13.3. The Morgan fingerprint density at radius 1 is 1.29 bits per heavy atom. The molecule has 2 nitrogen and oxygen atoms in total. The van der Waals surface area contributed by atoms with Crippen molar-refractivity contribution in [3.63, 3.8) is 0 Å². The fraction of sp³-hybridized carbons (Fsp3) is 0.444. The maximum atomic E-state index is 13.4. The molecular weight excluding hydrogens is 267 g/mol. The van der Waals surface area contributed by atoms with E-state index in [0.29, 0.717) is 12.3 Å². The van der Waals surface area contributed by atoms with E-state index in [1.54, 1.807) is 0 Å². The molecule has 0 aliphatic carbocycles. The van der Waals surface area contributed by atoms with Crippen molar-refractivity contribution in [2.45, 2.75) is 12.1 Å². The number of rotatable bonds is 3. The number of aromatic nitrogens is 1. The van der Waals surface area contributed by atoms with Crippen LogP contribution in [0, 0.1) is 0 Å². The summed E-state index contributed by atoms with van der Waals surface area (Å²) < 4.78 is 63.4. The first-order valence-corrected chi connectivity index (χ1v) is 4.82. The van der Waals surface area contributed by atoms with E-state index >= 15 is 0 Å². The number of alkyl halides is 5. The van der Waals surface area contributed by atoms with Gasteiger partial charge in [0.25, 0.3) is 0 Å². The lowest BCUT2D eigenvalue weighted by Crippen LogP contribution is -2.29. The average molecular weight is 275 g/mol. The summed E-state index contributed by atoms with van der Waals surface area (Å²) in [5, 5.41) is 1.50. The second kappa shape index (κ2) is 4.73. The van der Waals surface area contributed by atoms with Gasteiger partial charge in [-0.25, -0.2) is 0 Å². The predicted octanol–water partition coefficient (Wildman–Crippen LogP) is 3.07. The lowest BCUT2D eigenvalue weighted by molar-refractivity contribution is -0.138. The SMILES string of the molecule is CNCC(F)(F)c1ncc(C(F)(F)F)cc1Cl. The molecule has 1 heterocycles. The zero-order valence-electron chi connectivity index (χ0n) is 8.58. The molecule has 96 valence electrons. The molecule has 1 aromatic rings. The van der Waals surface area contributed by atoms with Gasteiger partial charge in [-0.1, -0.05) is 11.6 Å². The summed E-state index contributed by atoms with van der Waals surface area (Å²) in [7, 11) is 1.28. The van der Waals surface area contributed by atoms with E-state index in [1.165, 1.54) is 7.05 Å². The number of pyridine rings is 1. The van der Waals surface area contributed by atoms with Crippen LogP contribution in [0.3, 0.4) is 0 Å². The highest BCUT2D eigenvalue weighted by atomic mass is 35.5. The third-order valence-corrected chi connectivity index (χ3v) is 2.20. The molecule has 0 aromatic carbocycles. The topological polar surface area (TPSA) is 24.9 Å². The van der Waals surface area contributed by atoms with Crippen LogP contribution in [0.2, 0.25) is 5.02 Å². The maximum Gasteiger partial charge on any atom is 0.417 e. The first-order chi connectivity index (χ1) is 7.68. The molecule has 0 saturated carbocycles. The van der Waals surface area contributed by atoms with Gasteiger partial charge in [0, 0.05) is 6.20 Å². The molecule has 0 aliphatic heterocycles. The molecule has 1 rings (SSSR count). The van der Waals surface area contributed by atoms with Crippen molar-refractivity contribution in [2.75, 3.05) is 13.6 Å². The van der Waals surface area contributed by atoms with Gasteiger partial charge in [-0.2, -0.15) is 22.0 Å². The molecule has 1 N–H and O–H groups in total. The van der Waals surface area contributed by atoms with Gasteiger partial charge in [0.1, 0.15) is 5.69 Å². The molecule has 0 radical (unpaired) electrons. The van der Waals surface area contributed by atoms with E-state index in [9.17, 15) is 22.0 Å². The summed E-state index contributed by atoms with van der Waals surface area (Å²) >= 11 is 5.39. The van der Waals surface area contributed by atoms with E-state index in [4.69, 9.17) is 11.6 Å². The van der Waals surface area contributed by atoms with Crippen LogP contribution < -0.4 is 5.32 Å². The van der Waals surface area contributed by atoms with Crippen LogP contribution in [0.1, 0.15) is 11.3 Å². The number of nitrogens with one attached hydrogen (secondary N) is 1. The molecule has 0 saturated heterocycles. The molecule has 8 heteroatoms. The summed E-state index contributed by atoms with van der Waals surface area (Å²) in [6.07, 6.45) is -4.32. The Kier molecular flexibility index (Phi) is 3.93. The quantitative estimate of drug-likeness (QED) is 0.857. The molecule has 0 aliphatic rings. The molecule has 0 amide bonds. The van der Waals surface area contributed by atoms with Gasteiger partial charge in [-0.3, -0.25) is 4.98 Å². The predicted molar refractivity (Wildman–Crippen MR) is 52.1 cm³/mol. The fourth-order valence-corrected chi connectivity index (χ4v) is 1.47. The smallest absolute Gasteiger partial charge is 0.314 e. The largest absolute Gasteiger partial charge is 0.417 e. The lowest BCUT2D eigenvalue weighted by Gasteiger charge is -2.17. The zero-order valence-corrected chi connectivity index (χ0v) is 9.33. The number of hydrogen-bond acceptors (Lipinski definition) is 2. The lowest BCUT2D eigenvalue weighted by atomic mass is 10.1. The monoisotopic (exact) mass is 274 g/mol. The van der Waals surface area contributed by atoms with Crippen molar-refractivity contribution in [2.24, 2.45) is 0 Å². The molecule has 17 heavy (non-hydrogen) atoms. The minimum absolute atomic E-state index is 0.338. The average Bonchev–Trinajstić information content (AvgIpc) is 2.15. The van der Waals surface area contributed by atoms with Crippen LogP contribution in [0.4, 0.5) is 22.0 Å². The van der Waals surface area contributed by atoms with Crippen LogP contribution in [0.15, 0.2) is 12.3 Å². The third kappa shape index (κ3) is 3.26. The Bertz CT molecular complexity index is 405. The standard InChI is InChI=1S/C9H8ClF5N2/c1-16-4-8(11,12)7-6(10)2-5(3-17-7)9(13,14)15/h2-3,16H,4H2,1H3. The minimum atomic E-state index is -4.66. The first-order valence-electron chi connectivity index (χ1n) is 4.44.